The molecule has 35 heavy (non-hydrogen) atoms. The summed E-state index contributed by atoms with van der Waals surface area (Å²) < 4.78 is 23.5. The highest BCUT2D eigenvalue weighted by Gasteiger charge is 2.31. The van der Waals surface area contributed by atoms with Crippen LogP contribution >= 0.6 is 11.3 Å². The van der Waals surface area contributed by atoms with E-state index in [9.17, 15) is 18.3 Å². The number of aryl methyl sites for hydroxylation is 1. The minimum atomic E-state index is -3.89. The lowest BCUT2D eigenvalue weighted by Gasteiger charge is -2.34. The number of thiazole rings is 1. The van der Waals surface area contributed by atoms with Crippen LogP contribution < -0.4 is 14.9 Å². The monoisotopic (exact) mass is 510 g/mol. The van der Waals surface area contributed by atoms with Crippen LogP contribution in [-0.4, -0.2) is 43.2 Å². The predicted molar refractivity (Wildman–Crippen MR) is 138 cm³/mol. The average molecular weight is 511 g/mol. The Labute approximate surface area is 209 Å². The normalized spacial score (nSPS) is 14.6. The maximum Gasteiger partial charge on any atom is 0.330 e. The predicted octanol–water partition coefficient (Wildman–Crippen LogP) is 3.73. The van der Waals surface area contributed by atoms with Crippen molar-refractivity contribution in [2.75, 3.05) is 22.9 Å². The molecule has 1 fully saturated rings. The van der Waals surface area contributed by atoms with Gasteiger partial charge in [0.15, 0.2) is 9.34 Å². The number of nitrogens with zero attached hydrogens (tertiary/aromatic N) is 3. The Morgan fingerprint density at radius 1 is 1.03 bits per heavy atom. The summed E-state index contributed by atoms with van der Waals surface area (Å²) in [6.45, 7) is 5.85. The highest BCUT2D eigenvalue weighted by molar-refractivity contribution is 7.91. The van der Waals surface area contributed by atoms with E-state index >= 15 is 0 Å². The molecule has 4 rings (SSSR count). The first-order valence-corrected chi connectivity index (χ1v) is 13.3. The summed E-state index contributed by atoms with van der Waals surface area (Å²) in [4.78, 5) is 20.7. The minimum Gasteiger partial charge on any atom is -0.378 e. The Kier molecular flexibility index (Phi) is 6.71. The quantitative estimate of drug-likeness (QED) is 0.519. The second-order valence-corrected chi connectivity index (χ2v) is 11.5. The molecule has 0 atom stereocenters. The molecular formula is C25H26N4O4S2. The molecule has 0 spiro atoms. The van der Waals surface area contributed by atoms with Gasteiger partial charge in [-0.1, -0.05) is 47.4 Å². The number of aliphatic hydroxyl groups is 1. The van der Waals surface area contributed by atoms with Gasteiger partial charge in [-0.15, -0.1) is 0 Å². The van der Waals surface area contributed by atoms with Crippen molar-refractivity contribution in [3.63, 3.8) is 0 Å². The van der Waals surface area contributed by atoms with Crippen LogP contribution in [0.25, 0.3) is 11.1 Å². The van der Waals surface area contributed by atoms with Crippen LogP contribution in [0.3, 0.4) is 0 Å². The van der Waals surface area contributed by atoms with Crippen molar-refractivity contribution < 1.29 is 18.3 Å². The Morgan fingerprint density at radius 2 is 1.60 bits per heavy atom. The Balaban J connectivity index is 1.52. The number of benzene rings is 2. The number of anilines is 2. The molecule has 1 aromatic heterocycles. The summed E-state index contributed by atoms with van der Waals surface area (Å²) in [5, 5.41) is 15.3. The number of hydrogen-bond donors (Lipinski definition) is 2. The SMILES string of the molecule is Cc1nc(N2CCCN(c3ccc(-c4ccc(C#CC(C)(C)O)cc4)cc3)C2=O)sc1S(N)(=O)=O. The van der Waals surface area contributed by atoms with Crippen molar-refractivity contribution in [2.24, 2.45) is 5.14 Å². The Morgan fingerprint density at radius 3 is 2.14 bits per heavy atom. The number of urea groups is 1. The van der Waals surface area contributed by atoms with Crippen molar-refractivity contribution >= 4 is 38.2 Å². The molecule has 1 saturated heterocycles. The van der Waals surface area contributed by atoms with Crippen molar-refractivity contribution in [1.82, 2.24) is 4.98 Å². The average Bonchev–Trinajstić information content (AvgIpc) is 3.20. The number of sulfonamides is 1. The van der Waals surface area contributed by atoms with Crippen LogP contribution in [0.2, 0.25) is 0 Å². The molecule has 1 aliphatic heterocycles. The van der Waals surface area contributed by atoms with Gasteiger partial charge in [-0.05, 0) is 62.6 Å². The van der Waals surface area contributed by atoms with E-state index in [-0.39, 0.29) is 10.2 Å². The summed E-state index contributed by atoms with van der Waals surface area (Å²) in [6.07, 6.45) is 0.712. The zero-order valence-corrected chi connectivity index (χ0v) is 21.3. The van der Waals surface area contributed by atoms with Crippen LogP contribution in [0.5, 0.6) is 0 Å². The number of primary sulfonamides is 1. The smallest absolute Gasteiger partial charge is 0.330 e. The Hall–Kier alpha value is -3.23. The van der Waals surface area contributed by atoms with Gasteiger partial charge < -0.3 is 5.11 Å². The molecular weight excluding hydrogens is 484 g/mol. The van der Waals surface area contributed by atoms with E-state index in [1.807, 2.05) is 48.5 Å². The third-order valence-electron chi connectivity index (χ3n) is 5.37. The lowest BCUT2D eigenvalue weighted by molar-refractivity contribution is 0.143. The second kappa shape index (κ2) is 9.43. The van der Waals surface area contributed by atoms with E-state index in [1.54, 1.807) is 25.7 Å². The number of carbonyl (C=O) groups is 1. The molecule has 2 aromatic carbocycles. The molecule has 0 unspecified atom stereocenters. The fourth-order valence-electron chi connectivity index (χ4n) is 3.69. The van der Waals surface area contributed by atoms with Gasteiger partial charge >= 0.3 is 6.03 Å². The van der Waals surface area contributed by atoms with Crippen LogP contribution in [0.4, 0.5) is 15.6 Å². The number of nitrogens with two attached hydrogens (primary N) is 1. The molecule has 0 radical (unpaired) electrons. The van der Waals surface area contributed by atoms with Gasteiger partial charge in [-0.3, -0.25) is 9.80 Å². The summed E-state index contributed by atoms with van der Waals surface area (Å²) >= 11 is 0.910. The second-order valence-electron chi connectivity index (χ2n) is 8.79. The van der Waals surface area contributed by atoms with Crippen LogP contribution in [0, 0.1) is 18.8 Å². The minimum absolute atomic E-state index is 0.0288. The van der Waals surface area contributed by atoms with Crippen molar-refractivity contribution in [1.29, 1.82) is 0 Å². The lowest BCUT2D eigenvalue weighted by atomic mass is 10.0. The third kappa shape index (κ3) is 5.71. The molecule has 8 nitrogen and oxygen atoms in total. The maximum absolute atomic E-state index is 13.2. The van der Waals surface area contributed by atoms with E-state index < -0.39 is 15.6 Å². The molecule has 0 aliphatic carbocycles. The fraction of sp³-hybridized carbons (Fsp3) is 0.280. The van der Waals surface area contributed by atoms with E-state index in [4.69, 9.17) is 5.14 Å². The number of rotatable bonds is 4. The standard InChI is InChI=1S/C25H26N4O4S2/c1-17-22(35(26,32)33)34-23(27-17)29-16-4-15-28(24(29)30)21-11-9-20(10-12-21)19-7-5-18(6-8-19)13-14-25(2,3)31/h5-12,31H,4,15-16H2,1-3H3,(H2,26,32,33). The highest BCUT2D eigenvalue weighted by Crippen LogP contribution is 2.32. The first-order chi connectivity index (χ1) is 16.4. The number of carbonyl (C=O) groups excluding carboxylic acids is 1. The molecule has 1 aliphatic rings. The third-order valence-corrected chi connectivity index (χ3v) is 8.10. The molecule has 3 N–H and O–H groups in total. The van der Waals surface area contributed by atoms with Gasteiger partial charge in [0.05, 0.1) is 5.69 Å². The summed E-state index contributed by atoms with van der Waals surface area (Å²) in [5.41, 5.74) is 2.80. The fourth-order valence-corrected chi connectivity index (χ4v) is 5.66. The summed E-state index contributed by atoms with van der Waals surface area (Å²) in [5.74, 6) is 5.75. The molecule has 0 bridgehead atoms. The zero-order chi connectivity index (χ0) is 25.4. The van der Waals surface area contributed by atoms with E-state index in [1.165, 1.54) is 4.90 Å². The van der Waals surface area contributed by atoms with Crippen molar-refractivity contribution in [2.45, 2.75) is 37.0 Å². The van der Waals surface area contributed by atoms with Crippen molar-refractivity contribution in [3.8, 4) is 23.0 Å². The van der Waals surface area contributed by atoms with E-state index in [0.717, 1.165) is 33.7 Å². The topological polar surface area (TPSA) is 117 Å². The van der Waals surface area contributed by atoms with Crippen molar-refractivity contribution in [3.05, 3.63) is 59.8 Å². The molecule has 3 aromatic rings. The first kappa shape index (κ1) is 24.9. The number of hydrogen-bond acceptors (Lipinski definition) is 6. The van der Waals surface area contributed by atoms with Gasteiger partial charge in [0.2, 0.25) is 10.0 Å². The van der Waals surface area contributed by atoms with Gasteiger partial charge in [-0.25, -0.2) is 23.3 Å². The van der Waals surface area contributed by atoms with E-state index in [2.05, 4.69) is 16.8 Å². The maximum atomic E-state index is 13.2. The molecule has 0 saturated carbocycles. The molecule has 182 valence electrons. The summed E-state index contributed by atoms with van der Waals surface area (Å²) in [6, 6.07) is 15.2. The Bertz CT molecular complexity index is 1410. The van der Waals surface area contributed by atoms with Gasteiger partial charge in [-0.2, -0.15) is 0 Å². The summed E-state index contributed by atoms with van der Waals surface area (Å²) in [7, 11) is -3.89. The molecule has 2 heterocycles. The van der Waals surface area contributed by atoms with Crippen LogP contribution in [-0.2, 0) is 10.0 Å². The largest absolute Gasteiger partial charge is 0.378 e. The molecule has 10 heteroatoms. The number of aromatic nitrogens is 1. The zero-order valence-electron chi connectivity index (χ0n) is 19.6. The first-order valence-electron chi connectivity index (χ1n) is 11.0. The van der Waals surface area contributed by atoms with Gasteiger partial charge in [0, 0.05) is 24.3 Å². The number of amides is 2. The lowest BCUT2D eigenvalue weighted by Crippen LogP contribution is -2.49. The van der Waals surface area contributed by atoms with Crippen LogP contribution in [0.15, 0.2) is 52.7 Å². The molecule has 2 amide bonds. The van der Waals surface area contributed by atoms with Crippen LogP contribution in [0.1, 0.15) is 31.5 Å². The van der Waals surface area contributed by atoms with Gasteiger partial charge in [0.1, 0.15) is 5.60 Å². The highest BCUT2D eigenvalue weighted by atomic mass is 32.2. The van der Waals surface area contributed by atoms with E-state index in [0.29, 0.717) is 30.3 Å². The van der Waals surface area contributed by atoms with Gasteiger partial charge in [0.25, 0.3) is 0 Å².